The molecule has 2 aromatic rings. The number of anilines is 2. The number of nitrogens with zero attached hydrogens (tertiary/aromatic N) is 2. The molecule has 6 nitrogen and oxygen atoms in total. The Kier molecular flexibility index (Phi) is 6.67. The number of benzene rings is 2. The van der Waals surface area contributed by atoms with E-state index < -0.39 is 0 Å². The number of ether oxygens (including phenoxy) is 1. The molecule has 6 heteroatoms. The molecule has 2 aromatic carbocycles. The number of nitrogens with one attached hydrogen (secondary N) is 1. The van der Waals surface area contributed by atoms with Gasteiger partial charge >= 0.3 is 0 Å². The largest absolute Gasteiger partial charge is 0.482 e. The summed E-state index contributed by atoms with van der Waals surface area (Å²) in [5, 5.41) is 2.86. The third-order valence-electron chi connectivity index (χ3n) is 4.66. The van der Waals surface area contributed by atoms with Gasteiger partial charge in [0.05, 0.1) is 5.69 Å². The summed E-state index contributed by atoms with van der Waals surface area (Å²) in [6, 6.07) is 13.3. The molecule has 0 saturated heterocycles. The van der Waals surface area contributed by atoms with E-state index in [4.69, 9.17) is 4.74 Å². The number of rotatable bonds is 7. The van der Waals surface area contributed by atoms with Crippen LogP contribution in [0.2, 0.25) is 0 Å². The zero-order valence-corrected chi connectivity index (χ0v) is 17.1. The van der Waals surface area contributed by atoms with Gasteiger partial charge in [0.15, 0.2) is 6.61 Å². The topological polar surface area (TPSA) is 61.9 Å². The first-order chi connectivity index (χ1) is 13.9. The Labute approximate surface area is 171 Å². The number of aryl methyl sites for hydroxylation is 1. The molecule has 0 bridgehead atoms. The molecule has 0 radical (unpaired) electrons. The number of hydrogen-bond acceptors (Lipinski definition) is 4. The minimum absolute atomic E-state index is 0.0416. The third-order valence-corrected chi connectivity index (χ3v) is 4.66. The molecule has 0 atom stereocenters. The fourth-order valence-electron chi connectivity index (χ4n) is 3.10. The summed E-state index contributed by atoms with van der Waals surface area (Å²) in [5.41, 5.74) is 3.45. The molecule has 0 aromatic heterocycles. The Balaban J connectivity index is 1.69. The predicted molar refractivity (Wildman–Crippen MR) is 116 cm³/mol. The highest BCUT2D eigenvalue weighted by Crippen LogP contribution is 2.34. The quantitative estimate of drug-likeness (QED) is 0.733. The van der Waals surface area contributed by atoms with Crippen LogP contribution < -0.4 is 15.0 Å². The number of carbonyl (C=O) groups is 2. The highest BCUT2D eigenvalue weighted by molar-refractivity contribution is 6.03. The van der Waals surface area contributed by atoms with Crippen molar-refractivity contribution < 1.29 is 14.3 Å². The van der Waals surface area contributed by atoms with E-state index in [-0.39, 0.29) is 18.4 Å². The van der Waals surface area contributed by atoms with Crippen molar-refractivity contribution in [2.75, 3.05) is 44.0 Å². The van der Waals surface area contributed by atoms with Gasteiger partial charge in [-0.1, -0.05) is 29.8 Å². The van der Waals surface area contributed by atoms with Crippen LogP contribution in [0.3, 0.4) is 0 Å². The van der Waals surface area contributed by atoms with Gasteiger partial charge in [-0.05, 0) is 63.8 Å². The van der Waals surface area contributed by atoms with E-state index in [0.29, 0.717) is 23.7 Å². The SMILES string of the molecule is Cc1ccc(/C=C/C(=O)Nc2ccc3c(c2)N(CCCN(C)C)C(=O)CO3)cc1. The molecule has 0 unspecified atom stereocenters. The van der Waals surface area contributed by atoms with Crippen LogP contribution in [0, 0.1) is 6.92 Å². The van der Waals surface area contributed by atoms with Crippen molar-refractivity contribution in [1.29, 1.82) is 0 Å². The van der Waals surface area contributed by atoms with E-state index in [1.807, 2.05) is 45.3 Å². The number of carbonyl (C=O) groups excluding carboxylic acids is 2. The van der Waals surface area contributed by atoms with Crippen LogP contribution in [0.4, 0.5) is 11.4 Å². The summed E-state index contributed by atoms with van der Waals surface area (Å²) in [4.78, 5) is 28.5. The van der Waals surface area contributed by atoms with E-state index in [9.17, 15) is 9.59 Å². The molecular weight excluding hydrogens is 366 g/mol. The second kappa shape index (κ2) is 9.39. The van der Waals surface area contributed by atoms with Gasteiger partial charge in [0.2, 0.25) is 5.91 Å². The second-order valence-electron chi connectivity index (χ2n) is 7.41. The summed E-state index contributed by atoms with van der Waals surface area (Å²) in [6.45, 7) is 3.56. The summed E-state index contributed by atoms with van der Waals surface area (Å²) >= 11 is 0. The van der Waals surface area contributed by atoms with Gasteiger partial charge in [-0.25, -0.2) is 0 Å². The van der Waals surface area contributed by atoms with Crippen molar-refractivity contribution in [2.45, 2.75) is 13.3 Å². The Hall–Kier alpha value is -3.12. The average molecular weight is 393 g/mol. The van der Waals surface area contributed by atoms with Gasteiger partial charge in [-0.3, -0.25) is 9.59 Å². The molecule has 0 saturated carbocycles. The van der Waals surface area contributed by atoms with E-state index in [1.54, 1.807) is 29.2 Å². The maximum atomic E-state index is 12.3. The lowest BCUT2D eigenvalue weighted by Gasteiger charge is -2.30. The minimum atomic E-state index is -0.229. The highest BCUT2D eigenvalue weighted by Gasteiger charge is 2.25. The van der Waals surface area contributed by atoms with Crippen LogP contribution >= 0.6 is 0 Å². The van der Waals surface area contributed by atoms with Crippen molar-refractivity contribution in [2.24, 2.45) is 0 Å². The van der Waals surface area contributed by atoms with Crippen molar-refractivity contribution in [1.82, 2.24) is 4.90 Å². The molecule has 1 aliphatic rings. The van der Waals surface area contributed by atoms with E-state index >= 15 is 0 Å². The first-order valence-electron chi connectivity index (χ1n) is 9.70. The van der Waals surface area contributed by atoms with Crippen LogP contribution in [-0.2, 0) is 9.59 Å². The smallest absolute Gasteiger partial charge is 0.265 e. The lowest BCUT2D eigenvalue weighted by Crippen LogP contribution is -2.40. The molecule has 152 valence electrons. The minimum Gasteiger partial charge on any atom is -0.482 e. The van der Waals surface area contributed by atoms with Gasteiger partial charge < -0.3 is 19.9 Å². The lowest BCUT2D eigenvalue weighted by molar-refractivity contribution is -0.121. The van der Waals surface area contributed by atoms with Crippen molar-refractivity contribution in [3.05, 3.63) is 59.7 Å². The molecule has 0 aliphatic carbocycles. The summed E-state index contributed by atoms with van der Waals surface area (Å²) in [6.07, 6.45) is 4.13. The summed E-state index contributed by atoms with van der Waals surface area (Å²) in [5.74, 6) is 0.356. The molecule has 29 heavy (non-hydrogen) atoms. The van der Waals surface area contributed by atoms with Gasteiger partial charge in [-0.2, -0.15) is 0 Å². The first kappa shape index (κ1) is 20.6. The van der Waals surface area contributed by atoms with Gasteiger partial charge in [0, 0.05) is 18.3 Å². The van der Waals surface area contributed by atoms with Crippen LogP contribution in [0.25, 0.3) is 6.08 Å². The second-order valence-corrected chi connectivity index (χ2v) is 7.41. The normalized spacial score (nSPS) is 13.5. The lowest BCUT2D eigenvalue weighted by atomic mass is 10.1. The fourth-order valence-corrected chi connectivity index (χ4v) is 3.10. The molecule has 1 aliphatic heterocycles. The molecule has 0 fully saturated rings. The summed E-state index contributed by atoms with van der Waals surface area (Å²) in [7, 11) is 4.01. The van der Waals surface area contributed by atoms with Crippen LogP contribution in [0.15, 0.2) is 48.5 Å². The van der Waals surface area contributed by atoms with E-state index in [1.165, 1.54) is 11.6 Å². The van der Waals surface area contributed by atoms with Crippen molar-refractivity contribution >= 4 is 29.3 Å². The van der Waals surface area contributed by atoms with Gasteiger partial charge in [0.25, 0.3) is 5.91 Å². The van der Waals surface area contributed by atoms with Crippen LogP contribution in [0.5, 0.6) is 5.75 Å². The van der Waals surface area contributed by atoms with E-state index in [0.717, 1.165) is 18.5 Å². The Morgan fingerprint density at radius 2 is 1.97 bits per heavy atom. The highest BCUT2D eigenvalue weighted by atomic mass is 16.5. The molecule has 2 amide bonds. The molecular formula is C23H27N3O3. The number of fused-ring (bicyclic) bond motifs is 1. The predicted octanol–water partition coefficient (Wildman–Crippen LogP) is 3.32. The molecule has 1 heterocycles. The van der Waals surface area contributed by atoms with Crippen LogP contribution in [0.1, 0.15) is 17.5 Å². The van der Waals surface area contributed by atoms with Crippen molar-refractivity contribution in [3.8, 4) is 5.75 Å². The monoisotopic (exact) mass is 393 g/mol. The summed E-state index contributed by atoms with van der Waals surface area (Å²) < 4.78 is 5.54. The standard InChI is InChI=1S/C23H27N3O3/c1-17-5-7-18(8-6-17)9-12-22(27)24-19-10-11-21-20(15-19)26(23(28)16-29-21)14-4-13-25(2)3/h5-12,15H,4,13-14,16H2,1-3H3,(H,24,27)/b12-9+. The van der Waals surface area contributed by atoms with Crippen molar-refractivity contribution in [3.63, 3.8) is 0 Å². The fraction of sp³-hybridized carbons (Fsp3) is 0.304. The Morgan fingerprint density at radius 1 is 1.21 bits per heavy atom. The number of hydrogen-bond donors (Lipinski definition) is 1. The van der Waals surface area contributed by atoms with Gasteiger partial charge in [0.1, 0.15) is 5.75 Å². The number of amides is 2. The zero-order valence-electron chi connectivity index (χ0n) is 17.1. The Bertz CT molecular complexity index is 904. The molecule has 1 N–H and O–H groups in total. The maximum absolute atomic E-state index is 12.3. The molecule has 3 rings (SSSR count). The first-order valence-corrected chi connectivity index (χ1v) is 9.70. The van der Waals surface area contributed by atoms with E-state index in [2.05, 4.69) is 10.2 Å². The third kappa shape index (κ3) is 5.68. The zero-order chi connectivity index (χ0) is 20.8. The maximum Gasteiger partial charge on any atom is 0.265 e. The molecule has 0 spiro atoms. The average Bonchev–Trinajstić information content (AvgIpc) is 2.69. The van der Waals surface area contributed by atoms with Gasteiger partial charge in [-0.15, -0.1) is 0 Å². The van der Waals surface area contributed by atoms with Crippen LogP contribution in [-0.4, -0.2) is 50.5 Å². The Morgan fingerprint density at radius 3 is 2.69 bits per heavy atom.